The summed E-state index contributed by atoms with van der Waals surface area (Å²) in [6, 6.07) is 15.6. The van der Waals surface area contributed by atoms with E-state index in [9.17, 15) is 4.79 Å². The molecule has 3 rings (SSSR count). The molecule has 0 saturated carbocycles. The Labute approximate surface area is 166 Å². The largest absolute Gasteiger partial charge is 0.294 e. The van der Waals surface area contributed by atoms with Crippen LogP contribution in [0.15, 0.2) is 48.7 Å². The summed E-state index contributed by atoms with van der Waals surface area (Å²) in [6.07, 6.45) is 4.02. The highest BCUT2D eigenvalue weighted by Crippen LogP contribution is 2.41. The van der Waals surface area contributed by atoms with E-state index in [0.717, 1.165) is 30.6 Å². The molecule has 2 aromatic rings. The number of hydrogen-bond donors (Lipinski definition) is 2. The third-order valence-corrected chi connectivity index (χ3v) is 6.02. The van der Waals surface area contributed by atoms with Gasteiger partial charge >= 0.3 is 0 Å². The Balaban J connectivity index is 1.77. The molecule has 1 aliphatic heterocycles. The lowest BCUT2D eigenvalue weighted by Crippen LogP contribution is -2.48. The van der Waals surface area contributed by atoms with Crippen molar-refractivity contribution in [3.8, 4) is 6.07 Å². The van der Waals surface area contributed by atoms with E-state index in [1.165, 1.54) is 0 Å². The van der Waals surface area contributed by atoms with Crippen molar-refractivity contribution < 1.29 is 4.79 Å². The number of carbonyl (C=O) groups is 1. The van der Waals surface area contributed by atoms with Gasteiger partial charge < -0.3 is 0 Å². The van der Waals surface area contributed by atoms with Gasteiger partial charge in [0.2, 0.25) is 5.91 Å². The highest BCUT2D eigenvalue weighted by Gasteiger charge is 2.48. The highest BCUT2D eigenvalue weighted by molar-refractivity contribution is 5.82. The minimum absolute atomic E-state index is 0.111. The maximum atomic E-state index is 12.7. The van der Waals surface area contributed by atoms with Crippen molar-refractivity contribution >= 4 is 5.91 Å². The summed E-state index contributed by atoms with van der Waals surface area (Å²) in [5, 5.41) is 8.95. The molecule has 1 aromatic heterocycles. The Kier molecular flexibility index (Phi) is 5.78. The fourth-order valence-corrected chi connectivity index (χ4v) is 4.02. The van der Waals surface area contributed by atoms with Crippen molar-refractivity contribution in [2.24, 2.45) is 11.3 Å². The number of nitrogens with one attached hydrogen (secondary N) is 1. The molecule has 6 heteroatoms. The van der Waals surface area contributed by atoms with Crippen LogP contribution >= 0.6 is 0 Å². The predicted molar refractivity (Wildman–Crippen MR) is 108 cm³/mol. The van der Waals surface area contributed by atoms with Crippen LogP contribution in [-0.2, 0) is 16.8 Å². The van der Waals surface area contributed by atoms with Crippen LogP contribution in [0.3, 0.4) is 0 Å². The van der Waals surface area contributed by atoms with E-state index in [4.69, 9.17) is 11.1 Å². The van der Waals surface area contributed by atoms with Gasteiger partial charge in [-0.2, -0.15) is 5.26 Å². The van der Waals surface area contributed by atoms with Gasteiger partial charge in [0, 0.05) is 19.3 Å². The summed E-state index contributed by atoms with van der Waals surface area (Å²) in [5.74, 6) is 5.43. The normalized spacial score (nSPS) is 19.9. The summed E-state index contributed by atoms with van der Waals surface area (Å²) in [4.78, 5) is 19.6. The molecule has 0 radical (unpaired) electrons. The second-order valence-corrected chi connectivity index (χ2v) is 8.01. The van der Waals surface area contributed by atoms with E-state index < -0.39 is 5.41 Å². The van der Waals surface area contributed by atoms with Crippen LogP contribution in [0.5, 0.6) is 0 Å². The monoisotopic (exact) mass is 377 g/mol. The van der Waals surface area contributed by atoms with Crippen LogP contribution in [0.2, 0.25) is 0 Å². The number of pyridine rings is 1. The number of nitrogens with two attached hydrogens (primary N) is 1. The molecule has 0 aliphatic carbocycles. The van der Waals surface area contributed by atoms with Crippen LogP contribution in [0.4, 0.5) is 0 Å². The van der Waals surface area contributed by atoms with Crippen LogP contribution in [0.25, 0.3) is 0 Å². The zero-order valence-corrected chi connectivity index (χ0v) is 16.5. The number of nitrogens with zero attached hydrogens (tertiary/aromatic N) is 3. The molecule has 146 valence electrons. The Bertz CT molecular complexity index is 857. The van der Waals surface area contributed by atoms with Crippen molar-refractivity contribution in [2.45, 2.75) is 38.6 Å². The average Bonchev–Trinajstić information content (AvgIpc) is 3.19. The number of rotatable bonds is 6. The van der Waals surface area contributed by atoms with E-state index >= 15 is 0 Å². The van der Waals surface area contributed by atoms with E-state index in [1.807, 2.05) is 42.5 Å². The van der Waals surface area contributed by atoms with Crippen molar-refractivity contribution in [2.75, 3.05) is 13.1 Å². The zero-order chi connectivity index (χ0) is 20.2. The van der Waals surface area contributed by atoms with E-state index in [-0.39, 0.29) is 11.4 Å². The number of hydrogen-bond acceptors (Lipinski definition) is 5. The predicted octanol–water partition coefficient (Wildman–Crippen LogP) is 2.50. The van der Waals surface area contributed by atoms with Gasteiger partial charge in [-0.05, 0) is 62.9 Å². The Morgan fingerprint density at radius 2 is 2.07 bits per heavy atom. The molecule has 3 N–H and O–H groups in total. The topological polar surface area (TPSA) is 95.0 Å². The fourth-order valence-electron chi connectivity index (χ4n) is 4.02. The van der Waals surface area contributed by atoms with Gasteiger partial charge in [-0.25, -0.2) is 5.84 Å². The van der Waals surface area contributed by atoms with Gasteiger partial charge in [0.25, 0.3) is 0 Å². The maximum Gasteiger partial charge on any atom is 0.241 e. The lowest BCUT2D eigenvalue weighted by Gasteiger charge is -2.37. The van der Waals surface area contributed by atoms with Gasteiger partial charge in [-0.15, -0.1) is 0 Å². The molecule has 1 aromatic carbocycles. The number of hydrazine groups is 1. The molecule has 1 atom stereocenters. The lowest BCUT2D eigenvalue weighted by molar-refractivity contribution is -0.131. The van der Waals surface area contributed by atoms with Crippen LogP contribution < -0.4 is 11.3 Å². The molecule has 0 spiro atoms. The van der Waals surface area contributed by atoms with Crippen molar-refractivity contribution in [3.63, 3.8) is 0 Å². The fraction of sp³-hybridized carbons (Fsp3) is 0.409. The highest BCUT2D eigenvalue weighted by atomic mass is 16.2. The lowest BCUT2D eigenvalue weighted by atomic mass is 9.80. The number of carbonyl (C=O) groups excluding carboxylic acids is 1. The van der Waals surface area contributed by atoms with Gasteiger partial charge in [-0.1, -0.05) is 18.2 Å². The molecule has 0 unspecified atom stereocenters. The van der Waals surface area contributed by atoms with Crippen molar-refractivity contribution in [3.05, 3.63) is 65.5 Å². The number of benzene rings is 1. The number of likely N-dealkylation sites (tertiary alicyclic amines) is 1. The zero-order valence-electron chi connectivity index (χ0n) is 16.5. The second-order valence-electron chi connectivity index (χ2n) is 8.01. The van der Waals surface area contributed by atoms with Gasteiger partial charge in [0.05, 0.1) is 28.3 Å². The molecule has 1 amide bonds. The summed E-state index contributed by atoms with van der Waals surface area (Å²) < 4.78 is 0. The smallest absolute Gasteiger partial charge is 0.241 e. The Hall–Kier alpha value is -2.75. The summed E-state index contributed by atoms with van der Waals surface area (Å²) in [7, 11) is 0. The Morgan fingerprint density at radius 3 is 2.68 bits per heavy atom. The molecular weight excluding hydrogens is 350 g/mol. The first-order chi connectivity index (χ1) is 13.4. The minimum Gasteiger partial charge on any atom is -0.294 e. The molecule has 1 aliphatic rings. The van der Waals surface area contributed by atoms with Crippen LogP contribution in [0.1, 0.15) is 43.5 Å². The molecule has 1 fully saturated rings. The number of aryl methyl sites for hydroxylation is 1. The molecule has 28 heavy (non-hydrogen) atoms. The molecule has 1 saturated heterocycles. The average molecular weight is 377 g/mol. The minimum atomic E-state index is -0.533. The SMILES string of the molecule is CC(C)(c1ccccn1)N1CC[C@@](CCc2ccc(C#N)cc2)(C(=O)NN)C1. The van der Waals surface area contributed by atoms with Crippen molar-refractivity contribution in [1.29, 1.82) is 5.26 Å². The first kappa shape index (κ1) is 20.0. The maximum absolute atomic E-state index is 12.7. The van der Waals surface area contributed by atoms with Gasteiger partial charge in [0.1, 0.15) is 0 Å². The standard InChI is InChI=1S/C22H27N5O/c1-21(2,19-5-3-4-13-25-19)27-14-12-22(16-27,20(28)26-24)11-10-17-6-8-18(15-23)9-7-17/h3-9,13H,10-12,14,16,24H2,1-2H3,(H,26,28)/t22-/m1/s1. The quantitative estimate of drug-likeness (QED) is 0.458. The first-order valence-electron chi connectivity index (χ1n) is 9.58. The van der Waals surface area contributed by atoms with Crippen molar-refractivity contribution in [1.82, 2.24) is 15.3 Å². The van der Waals surface area contributed by atoms with E-state index in [1.54, 1.807) is 6.20 Å². The second kappa shape index (κ2) is 8.09. The van der Waals surface area contributed by atoms with E-state index in [2.05, 4.69) is 35.2 Å². The van der Waals surface area contributed by atoms with E-state index in [0.29, 0.717) is 18.5 Å². The molecule has 0 bridgehead atoms. The number of aromatic nitrogens is 1. The van der Waals surface area contributed by atoms with Gasteiger partial charge in [0.15, 0.2) is 0 Å². The third-order valence-electron chi connectivity index (χ3n) is 6.02. The van der Waals surface area contributed by atoms with Crippen LogP contribution in [-0.4, -0.2) is 28.9 Å². The molecule has 6 nitrogen and oxygen atoms in total. The molecule has 2 heterocycles. The summed E-state index contributed by atoms with van der Waals surface area (Å²) in [5.41, 5.74) is 4.33. The summed E-state index contributed by atoms with van der Waals surface area (Å²) >= 11 is 0. The molecular formula is C22H27N5O. The van der Waals surface area contributed by atoms with Crippen LogP contribution in [0, 0.1) is 16.7 Å². The first-order valence-corrected chi connectivity index (χ1v) is 9.58. The Morgan fingerprint density at radius 1 is 1.32 bits per heavy atom. The third kappa shape index (κ3) is 3.91. The summed E-state index contributed by atoms with van der Waals surface area (Å²) in [6.45, 7) is 5.74. The van der Waals surface area contributed by atoms with Gasteiger partial charge in [-0.3, -0.25) is 20.1 Å². The number of amides is 1. The number of nitriles is 1.